The zero-order chi connectivity index (χ0) is 19.1. The van der Waals surface area contributed by atoms with Gasteiger partial charge in [0.05, 0.1) is 5.69 Å². The monoisotopic (exact) mass is 367 g/mol. The molecule has 1 aromatic carbocycles. The number of rotatable bonds is 3. The molecule has 0 amide bonds. The van der Waals surface area contributed by atoms with Crippen LogP contribution in [0.4, 0.5) is 0 Å². The second-order valence-electron chi connectivity index (χ2n) is 7.31. The summed E-state index contributed by atoms with van der Waals surface area (Å²) in [5.74, 6) is 0.225. The van der Waals surface area contributed by atoms with Crippen LogP contribution < -0.4 is 5.32 Å². The summed E-state index contributed by atoms with van der Waals surface area (Å²) in [5.41, 5.74) is 4.87. The molecule has 4 N–H and O–H groups in total. The van der Waals surface area contributed by atoms with Gasteiger partial charge in [0.2, 0.25) is 0 Å². The Morgan fingerprint density at radius 2 is 2.07 bits per heavy atom. The van der Waals surface area contributed by atoms with Crippen LogP contribution in [0.25, 0.3) is 22.3 Å². The number of H-pyrrole nitrogens is 1. The third-order valence-corrected chi connectivity index (χ3v) is 5.37. The third kappa shape index (κ3) is 3.18. The van der Waals surface area contributed by atoms with Gasteiger partial charge in [-0.1, -0.05) is 0 Å². The molecule has 1 saturated heterocycles. The zero-order valence-corrected chi connectivity index (χ0v) is 15.8. The average molecular weight is 367 g/mol. The largest absolute Gasteiger partial charge is 0.508 e. The van der Waals surface area contributed by atoms with E-state index in [2.05, 4.69) is 27.3 Å². The van der Waals surface area contributed by atoms with Crippen molar-refractivity contribution in [1.82, 2.24) is 25.4 Å². The first-order valence-electron chi connectivity index (χ1n) is 9.26. The third-order valence-electron chi connectivity index (χ3n) is 5.37. The second-order valence-corrected chi connectivity index (χ2v) is 7.31. The van der Waals surface area contributed by atoms with Crippen LogP contribution >= 0.6 is 0 Å². The Bertz CT molecular complexity index is 984. The lowest BCUT2D eigenvalue weighted by molar-refractivity contribution is -0.0315. The van der Waals surface area contributed by atoms with Gasteiger partial charge < -0.3 is 15.5 Å². The first-order valence-corrected chi connectivity index (χ1v) is 9.26. The smallest absolute Gasteiger partial charge is 0.182 e. The van der Waals surface area contributed by atoms with E-state index in [0.717, 1.165) is 53.1 Å². The van der Waals surface area contributed by atoms with Crippen molar-refractivity contribution in [1.29, 1.82) is 0 Å². The lowest BCUT2D eigenvalue weighted by Gasteiger charge is -2.37. The molecule has 4 rings (SSSR count). The minimum Gasteiger partial charge on any atom is -0.508 e. The number of nitrogens with zero attached hydrogens (tertiary/aromatic N) is 3. The molecule has 0 aliphatic carbocycles. The van der Waals surface area contributed by atoms with E-state index < -0.39 is 6.23 Å². The Kier molecular flexibility index (Phi) is 4.59. The summed E-state index contributed by atoms with van der Waals surface area (Å²) in [7, 11) is 0. The number of aromatic hydroxyl groups is 1. The number of phenolic OH excluding ortho intramolecular Hbond substituents is 1. The number of nitrogens with one attached hydrogen (secondary N) is 2. The van der Waals surface area contributed by atoms with Crippen LogP contribution in [0.3, 0.4) is 0 Å². The number of phenols is 1. The zero-order valence-electron chi connectivity index (χ0n) is 15.8. The van der Waals surface area contributed by atoms with Crippen molar-refractivity contribution >= 4 is 11.0 Å². The minimum atomic E-state index is -0.736. The molecule has 2 atom stereocenters. The molecular weight excluding hydrogens is 342 g/mol. The summed E-state index contributed by atoms with van der Waals surface area (Å²) in [5, 5.41) is 32.5. The highest BCUT2D eigenvalue weighted by atomic mass is 16.3. The van der Waals surface area contributed by atoms with Gasteiger partial charge in [0.1, 0.15) is 12.0 Å². The van der Waals surface area contributed by atoms with Crippen LogP contribution in [0.15, 0.2) is 24.3 Å². The highest BCUT2D eigenvalue weighted by Gasteiger charge is 2.28. The molecular formula is C20H25N5O2. The fraction of sp³-hybridized carbons (Fsp3) is 0.400. The molecule has 0 saturated carbocycles. The van der Waals surface area contributed by atoms with Crippen LogP contribution in [0.5, 0.6) is 5.75 Å². The summed E-state index contributed by atoms with van der Waals surface area (Å²) in [6.45, 7) is 8.46. The number of aromatic nitrogens is 3. The van der Waals surface area contributed by atoms with Gasteiger partial charge in [-0.15, -0.1) is 0 Å². The van der Waals surface area contributed by atoms with Gasteiger partial charge in [-0.3, -0.25) is 10.00 Å². The number of piperazine rings is 1. The van der Waals surface area contributed by atoms with Crippen molar-refractivity contribution in [3.8, 4) is 17.0 Å². The summed E-state index contributed by atoms with van der Waals surface area (Å²) >= 11 is 0. The van der Waals surface area contributed by atoms with Crippen molar-refractivity contribution in [2.24, 2.45) is 0 Å². The van der Waals surface area contributed by atoms with E-state index in [1.807, 2.05) is 26.0 Å². The molecule has 1 aliphatic heterocycles. The van der Waals surface area contributed by atoms with Crippen molar-refractivity contribution < 1.29 is 10.2 Å². The van der Waals surface area contributed by atoms with Crippen LogP contribution in [-0.2, 0) is 0 Å². The van der Waals surface area contributed by atoms with E-state index in [1.165, 1.54) is 0 Å². The molecule has 1 aliphatic rings. The van der Waals surface area contributed by atoms with Crippen LogP contribution in [0.1, 0.15) is 30.0 Å². The summed E-state index contributed by atoms with van der Waals surface area (Å²) < 4.78 is 0. The normalized spacial score (nSPS) is 19.5. The molecule has 7 heteroatoms. The van der Waals surface area contributed by atoms with E-state index in [4.69, 9.17) is 4.98 Å². The number of fused-ring (bicyclic) bond motifs is 1. The Morgan fingerprint density at radius 1 is 1.26 bits per heavy atom. The van der Waals surface area contributed by atoms with E-state index in [9.17, 15) is 10.2 Å². The molecule has 142 valence electrons. The maximum absolute atomic E-state index is 11.2. The Hall–Kier alpha value is -2.48. The summed E-state index contributed by atoms with van der Waals surface area (Å²) in [6.07, 6.45) is -0.736. The molecule has 3 heterocycles. The molecule has 0 bridgehead atoms. The van der Waals surface area contributed by atoms with Gasteiger partial charge in [0.25, 0.3) is 0 Å². The highest BCUT2D eigenvalue weighted by Crippen LogP contribution is 2.33. The quantitative estimate of drug-likeness (QED) is 0.567. The number of hydrogen-bond acceptors (Lipinski definition) is 6. The summed E-state index contributed by atoms with van der Waals surface area (Å²) in [6, 6.07) is 7.39. The van der Waals surface area contributed by atoms with Gasteiger partial charge in [-0.25, -0.2) is 4.98 Å². The first-order chi connectivity index (χ1) is 13.0. The SMILES string of the molecule is Cc1cc(O)ccc1-c1cc(C(O)N2CCNCC2C)c2c(C)[nH]nc2n1. The molecule has 27 heavy (non-hydrogen) atoms. The lowest BCUT2D eigenvalue weighted by atomic mass is 10.00. The number of aliphatic hydroxyl groups excluding tert-OH is 1. The fourth-order valence-electron chi connectivity index (χ4n) is 3.88. The van der Waals surface area contributed by atoms with Gasteiger partial charge in [-0.2, -0.15) is 5.10 Å². The average Bonchev–Trinajstić information content (AvgIpc) is 3.02. The number of benzene rings is 1. The molecule has 0 spiro atoms. The van der Waals surface area contributed by atoms with E-state index in [0.29, 0.717) is 5.65 Å². The maximum Gasteiger partial charge on any atom is 0.182 e. The number of hydrogen-bond donors (Lipinski definition) is 4. The van der Waals surface area contributed by atoms with E-state index >= 15 is 0 Å². The fourth-order valence-corrected chi connectivity index (χ4v) is 3.88. The highest BCUT2D eigenvalue weighted by molar-refractivity contribution is 5.85. The molecule has 0 radical (unpaired) electrons. The van der Waals surface area contributed by atoms with Crippen molar-refractivity contribution in [2.75, 3.05) is 19.6 Å². The Morgan fingerprint density at radius 3 is 2.81 bits per heavy atom. The minimum absolute atomic E-state index is 0.225. The van der Waals surface area contributed by atoms with Crippen LogP contribution in [0, 0.1) is 13.8 Å². The number of aryl methyl sites for hydroxylation is 2. The number of aliphatic hydroxyl groups is 1. The van der Waals surface area contributed by atoms with Gasteiger partial charge in [-0.05, 0) is 50.6 Å². The topological polar surface area (TPSA) is 97.3 Å². The predicted octanol–water partition coefficient (Wildman–Crippen LogP) is 2.23. The van der Waals surface area contributed by atoms with Crippen molar-refractivity contribution in [2.45, 2.75) is 33.0 Å². The molecule has 1 fully saturated rings. The number of pyridine rings is 1. The van der Waals surface area contributed by atoms with Gasteiger partial charge in [0.15, 0.2) is 5.65 Å². The van der Waals surface area contributed by atoms with Gasteiger partial charge in [0, 0.05) is 47.9 Å². The molecule has 7 nitrogen and oxygen atoms in total. The molecule has 2 unspecified atom stereocenters. The standard InChI is InChI=1S/C20H25N5O2/c1-11-8-14(26)4-5-15(11)17-9-16(18-13(3)23-24-19(18)22-17)20(27)25-7-6-21-10-12(25)2/h4-5,8-9,12,20-21,26-27H,6-7,10H2,1-3H3,(H,22,23,24). The van der Waals surface area contributed by atoms with Crippen LogP contribution in [0.2, 0.25) is 0 Å². The first kappa shape index (κ1) is 17.9. The maximum atomic E-state index is 11.2. The van der Waals surface area contributed by atoms with Crippen molar-refractivity contribution in [3.05, 3.63) is 41.1 Å². The van der Waals surface area contributed by atoms with E-state index in [1.54, 1.807) is 12.1 Å². The number of aromatic amines is 1. The lowest BCUT2D eigenvalue weighted by Crippen LogP contribution is -2.51. The predicted molar refractivity (Wildman–Crippen MR) is 104 cm³/mol. The Balaban J connectivity index is 1.86. The van der Waals surface area contributed by atoms with Crippen molar-refractivity contribution in [3.63, 3.8) is 0 Å². The summed E-state index contributed by atoms with van der Waals surface area (Å²) in [4.78, 5) is 6.80. The Labute approximate surface area is 158 Å². The molecule has 2 aromatic heterocycles. The molecule has 3 aromatic rings. The van der Waals surface area contributed by atoms with Crippen LogP contribution in [-0.4, -0.2) is 56.0 Å². The second kappa shape index (κ2) is 6.92. The van der Waals surface area contributed by atoms with E-state index in [-0.39, 0.29) is 11.8 Å². The van der Waals surface area contributed by atoms with Gasteiger partial charge >= 0.3 is 0 Å².